The second kappa shape index (κ2) is 15.4. The highest BCUT2D eigenvalue weighted by molar-refractivity contribution is 5.99. The number of unbranched alkanes of at least 4 members (excludes halogenated alkanes) is 8. The van der Waals surface area contributed by atoms with Crippen LogP contribution >= 0.6 is 0 Å². The topological polar surface area (TPSA) is 63.6 Å². The minimum absolute atomic E-state index is 0.0552. The highest BCUT2D eigenvalue weighted by atomic mass is 19.1. The van der Waals surface area contributed by atoms with Crippen LogP contribution in [0.15, 0.2) is 30.3 Å². The van der Waals surface area contributed by atoms with Crippen molar-refractivity contribution in [3.05, 3.63) is 53.1 Å². The lowest BCUT2D eigenvalue weighted by Crippen LogP contribution is -2.13. The highest BCUT2D eigenvalue weighted by Crippen LogP contribution is 2.34. The summed E-state index contributed by atoms with van der Waals surface area (Å²) in [5, 5.41) is 9.60. The third-order valence-corrected chi connectivity index (χ3v) is 6.55. The van der Waals surface area contributed by atoms with E-state index in [9.17, 15) is 14.7 Å². The summed E-state index contributed by atoms with van der Waals surface area (Å²) in [7, 11) is 0. The van der Waals surface area contributed by atoms with E-state index in [1.165, 1.54) is 30.7 Å². The summed E-state index contributed by atoms with van der Waals surface area (Å²) in [5.74, 6) is -3.65. The molecule has 0 saturated carbocycles. The van der Waals surface area contributed by atoms with Crippen LogP contribution in [-0.2, 0) is 0 Å². The molecule has 2 aromatic carbocycles. The van der Waals surface area contributed by atoms with Crippen LogP contribution < -0.4 is 4.74 Å². The Bertz CT molecular complexity index is 1000. The molecule has 0 heterocycles. The van der Waals surface area contributed by atoms with E-state index in [4.69, 9.17) is 4.74 Å². The van der Waals surface area contributed by atoms with E-state index < -0.39 is 17.6 Å². The SMILES string of the molecule is CCCCCCCOc1ccc(C(=O)O)c(-c2ccc(C(=O)C(C)CCCCCCC)c(F)c2)c1F. The second-order valence-electron chi connectivity index (χ2n) is 9.53. The van der Waals surface area contributed by atoms with Gasteiger partial charge in [0.1, 0.15) is 5.82 Å². The van der Waals surface area contributed by atoms with E-state index in [0.29, 0.717) is 13.0 Å². The number of carbonyl (C=O) groups excluding carboxylic acids is 1. The molecular weight excluding hydrogens is 462 g/mol. The number of ketones is 1. The molecule has 0 bridgehead atoms. The molecule has 36 heavy (non-hydrogen) atoms. The zero-order valence-electron chi connectivity index (χ0n) is 21.9. The van der Waals surface area contributed by atoms with Gasteiger partial charge < -0.3 is 9.84 Å². The first-order valence-electron chi connectivity index (χ1n) is 13.3. The number of ether oxygens (including phenoxy) is 1. The van der Waals surface area contributed by atoms with Gasteiger partial charge >= 0.3 is 5.97 Å². The first-order valence-corrected chi connectivity index (χ1v) is 13.3. The van der Waals surface area contributed by atoms with Crippen molar-refractivity contribution in [1.82, 2.24) is 0 Å². The molecule has 0 aliphatic carbocycles. The van der Waals surface area contributed by atoms with Gasteiger partial charge in [-0.2, -0.15) is 0 Å². The number of carboxylic acid groups (broad SMARTS) is 1. The third kappa shape index (κ3) is 8.42. The largest absolute Gasteiger partial charge is 0.490 e. The molecule has 198 valence electrons. The predicted molar refractivity (Wildman–Crippen MR) is 140 cm³/mol. The maximum Gasteiger partial charge on any atom is 0.336 e. The van der Waals surface area contributed by atoms with Crippen molar-refractivity contribution in [2.75, 3.05) is 6.61 Å². The molecule has 1 unspecified atom stereocenters. The molecule has 1 atom stereocenters. The van der Waals surface area contributed by atoms with Crippen molar-refractivity contribution in [2.45, 2.75) is 91.4 Å². The molecule has 6 heteroatoms. The van der Waals surface area contributed by atoms with Crippen molar-refractivity contribution < 1.29 is 28.2 Å². The average Bonchev–Trinajstić information content (AvgIpc) is 2.85. The summed E-state index contributed by atoms with van der Waals surface area (Å²) in [5.41, 5.74) is -0.536. The number of carboxylic acids is 1. The molecule has 0 spiro atoms. The van der Waals surface area contributed by atoms with Gasteiger partial charge in [-0.3, -0.25) is 4.79 Å². The van der Waals surface area contributed by atoms with Crippen molar-refractivity contribution in [1.29, 1.82) is 0 Å². The zero-order valence-corrected chi connectivity index (χ0v) is 21.9. The van der Waals surface area contributed by atoms with E-state index in [0.717, 1.165) is 63.9 Å². The van der Waals surface area contributed by atoms with Crippen LogP contribution in [0.1, 0.15) is 112 Å². The summed E-state index contributed by atoms with van der Waals surface area (Å²) in [4.78, 5) is 24.6. The van der Waals surface area contributed by atoms with Crippen molar-refractivity contribution in [2.24, 2.45) is 5.92 Å². The Hall–Kier alpha value is -2.76. The van der Waals surface area contributed by atoms with Gasteiger partial charge in [0.25, 0.3) is 0 Å². The Kier molecular flexibility index (Phi) is 12.6. The number of carbonyl (C=O) groups is 2. The van der Waals surface area contributed by atoms with Crippen molar-refractivity contribution in [3.8, 4) is 16.9 Å². The quantitative estimate of drug-likeness (QED) is 0.173. The van der Waals surface area contributed by atoms with Crippen LogP contribution in [0.5, 0.6) is 5.75 Å². The molecule has 0 radical (unpaired) electrons. The number of benzene rings is 2. The molecular formula is C30H40F2O4. The monoisotopic (exact) mass is 502 g/mol. The minimum atomic E-state index is -1.33. The first-order chi connectivity index (χ1) is 17.3. The molecule has 0 saturated heterocycles. The number of halogens is 2. The van der Waals surface area contributed by atoms with Gasteiger partial charge in [-0.05, 0) is 42.7 Å². The molecule has 0 aliphatic heterocycles. The van der Waals surface area contributed by atoms with Gasteiger partial charge in [0.05, 0.1) is 17.7 Å². The standard InChI is InChI=1S/C30H40F2O4/c1-4-6-8-10-12-14-21(3)29(33)23-16-15-22(20-25(23)31)27-24(30(34)35)17-18-26(28(27)32)36-19-13-11-9-7-5-2/h15-18,20-21H,4-14,19H2,1-3H3,(H,34,35). The fourth-order valence-corrected chi connectivity index (χ4v) is 4.34. The van der Waals surface area contributed by atoms with Gasteiger partial charge in [-0.1, -0.05) is 84.6 Å². The summed E-state index contributed by atoms with van der Waals surface area (Å²) in [6.45, 7) is 6.37. The fraction of sp³-hybridized carbons (Fsp3) is 0.533. The molecule has 0 aromatic heterocycles. The van der Waals surface area contributed by atoms with Crippen LogP contribution in [0.2, 0.25) is 0 Å². The lowest BCUT2D eigenvalue weighted by atomic mass is 9.91. The van der Waals surface area contributed by atoms with E-state index in [1.54, 1.807) is 6.92 Å². The van der Waals surface area contributed by atoms with Crippen LogP contribution in [0.25, 0.3) is 11.1 Å². The fourth-order valence-electron chi connectivity index (χ4n) is 4.34. The number of hydrogen-bond donors (Lipinski definition) is 1. The van der Waals surface area contributed by atoms with Crippen LogP contribution in [0.3, 0.4) is 0 Å². The molecule has 0 amide bonds. The Labute approximate surface area is 214 Å². The molecule has 0 fully saturated rings. The smallest absolute Gasteiger partial charge is 0.336 e. The normalized spacial score (nSPS) is 11.9. The third-order valence-electron chi connectivity index (χ3n) is 6.55. The first kappa shape index (κ1) is 29.5. The predicted octanol–water partition coefficient (Wildman–Crippen LogP) is 8.86. The molecule has 2 aromatic rings. The second-order valence-corrected chi connectivity index (χ2v) is 9.53. The lowest BCUT2D eigenvalue weighted by molar-refractivity contribution is 0.0696. The number of aromatic carboxylic acids is 1. The Morgan fingerprint density at radius 1 is 0.861 bits per heavy atom. The van der Waals surface area contributed by atoms with Crippen LogP contribution in [0, 0.1) is 17.6 Å². The van der Waals surface area contributed by atoms with Crippen molar-refractivity contribution >= 4 is 11.8 Å². The number of hydrogen-bond acceptors (Lipinski definition) is 3. The molecule has 0 aliphatic rings. The number of rotatable bonds is 17. The maximum atomic E-state index is 15.4. The average molecular weight is 503 g/mol. The van der Waals surface area contributed by atoms with Gasteiger partial charge in [0.15, 0.2) is 17.3 Å². The summed E-state index contributed by atoms with van der Waals surface area (Å²) < 4.78 is 36.0. The van der Waals surface area contributed by atoms with Crippen LogP contribution in [-0.4, -0.2) is 23.5 Å². The van der Waals surface area contributed by atoms with Gasteiger partial charge in [-0.25, -0.2) is 13.6 Å². The van der Waals surface area contributed by atoms with Gasteiger partial charge in [-0.15, -0.1) is 0 Å². The van der Waals surface area contributed by atoms with E-state index in [1.807, 2.05) is 0 Å². The van der Waals surface area contributed by atoms with Gasteiger partial charge in [0, 0.05) is 11.5 Å². The molecule has 1 N–H and O–H groups in total. The zero-order chi connectivity index (χ0) is 26.5. The van der Waals surface area contributed by atoms with E-state index in [-0.39, 0.29) is 39.7 Å². The highest BCUT2D eigenvalue weighted by Gasteiger charge is 2.23. The van der Waals surface area contributed by atoms with E-state index in [2.05, 4.69) is 13.8 Å². The van der Waals surface area contributed by atoms with Crippen molar-refractivity contribution in [3.63, 3.8) is 0 Å². The molecule has 4 nitrogen and oxygen atoms in total. The lowest BCUT2D eigenvalue weighted by Gasteiger charge is -2.15. The van der Waals surface area contributed by atoms with E-state index >= 15 is 8.78 Å². The Morgan fingerprint density at radius 2 is 1.47 bits per heavy atom. The Balaban J connectivity index is 2.20. The summed E-state index contributed by atoms with van der Waals surface area (Å²) in [6, 6.07) is 6.34. The Morgan fingerprint density at radius 3 is 2.08 bits per heavy atom. The maximum absolute atomic E-state index is 15.4. The van der Waals surface area contributed by atoms with Gasteiger partial charge in [0.2, 0.25) is 0 Å². The summed E-state index contributed by atoms with van der Waals surface area (Å²) >= 11 is 0. The van der Waals surface area contributed by atoms with Crippen LogP contribution in [0.4, 0.5) is 8.78 Å². The molecule has 2 rings (SSSR count). The summed E-state index contributed by atoms with van der Waals surface area (Å²) in [6.07, 6.45) is 11.1. The number of Topliss-reactive ketones (excluding diaryl/α,β-unsaturated/α-hetero) is 1. The minimum Gasteiger partial charge on any atom is -0.490 e.